The van der Waals surface area contributed by atoms with Gasteiger partial charge in [0, 0.05) is 24.1 Å². The number of H-pyrrole nitrogens is 1. The molecular weight excluding hydrogens is 228 g/mol. The molecule has 2 atom stereocenters. The summed E-state index contributed by atoms with van der Waals surface area (Å²) in [4.78, 5) is 19.0. The number of nitrogens with one attached hydrogen (secondary N) is 3. The number of hydrogen-bond acceptors (Lipinski definition) is 4. The Morgan fingerprint density at radius 1 is 1.39 bits per heavy atom. The molecule has 2 heterocycles. The van der Waals surface area contributed by atoms with Crippen LogP contribution in [0, 0.1) is 0 Å². The van der Waals surface area contributed by atoms with E-state index in [1.165, 1.54) is 0 Å². The molecule has 0 amide bonds. The summed E-state index contributed by atoms with van der Waals surface area (Å²) in [5.74, 6) is 2.07. The van der Waals surface area contributed by atoms with Gasteiger partial charge in [-0.1, -0.05) is 0 Å². The Morgan fingerprint density at radius 2 is 2.22 bits per heavy atom. The van der Waals surface area contributed by atoms with Crippen LogP contribution in [0.3, 0.4) is 0 Å². The van der Waals surface area contributed by atoms with Gasteiger partial charge in [-0.2, -0.15) is 0 Å². The summed E-state index contributed by atoms with van der Waals surface area (Å²) in [5, 5.41) is 6.82. The van der Waals surface area contributed by atoms with Gasteiger partial charge in [0.15, 0.2) is 0 Å². The summed E-state index contributed by atoms with van der Waals surface area (Å²) in [7, 11) is 0. The Morgan fingerprint density at radius 3 is 2.94 bits per heavy atom. The quantitative estimate of drug-likeness (QED) is 0.751. The topological polar surface area (TPSA) is 69.8 Å². The van der Waals surface area contributed by atoms with Gasteiger partial charge in [0.05, 0.1) is 0 Å². The molecule has 5 nitrogen and oxygen atoms in total. The number of hydrogen-bond donors (Lipinski definition) is 3. The van der Waals surface area contributed by atoms with Crippen LogP contribution in [0.5, 0.6) is 0 Å². The molecule has 1 aliphatic carbocycles. The average molecular weight is 248 g/mol. The molecule has 2 unspecified atom stereocenters. The van der Waals surface area contributed by atoms with Gasteiger partial charge in [-0.3, -0.25) is 4.79 Å². The van der Waals surface area contributed by atoms with Gasteiger partial charge in [0.2, 0.25) is 0 Å². The number of aromatic nitrogens is 2. The lowest BCUT2D eigenvalue weighted by Gasteiger charge is -2.29. The zero-order chi connectivity index (χ0) is 12.5. The maximum atomic E-state index is 11.6. The van der Waals surface area contributed by atoms with Crippen molar-refractivity contribution in [2.75, 3.05) is 11.9 Å². The van der Waals surface area contributed by atoms with Gasteiger partial charge in [0.1, 0.15) is 11.6 Å². The molecule has 1 aromatic rings. The fraction of sp³-hybridized carbons (Fsp3) is 0.692. The molecule has 3 N–H and O–H groups in total. The first-order valence-electron chi connectivity index (χ1n) is 6.82. The lowest BCUT2D eigenvalue weighted by molar-refractivity contribution is 0.395. The summed E-state index contributed by atoms with van der Waals surface area (Å²) >= 11 is 0. The van der Waals surface area contributed by atoms with Crippen molar-refractivity contribution in [3.63, 3.8) is 0 Å². The molecule has 5 heteroatoms. The Labute approximate surface area is 106 Å². The van der Waals surface area contributed by atoms with Crippen LogP contribution < -0.4 is 16.2 Å². The summed E-state index contributed by atoms with van der Waals surface area (Å²) in [6.45, 7) is 3.21. The summed E-state index contributed by atoms with van der Waals surface area (Å²) in [5.41, 5.74) is -0.0450. The van der Waals surface area contributed by atoms with Crippen molar-refractivity contribution >= 4 is 5.82 Å². The second-order valence-electron chi connectivity index (χ2n) is 5.51. The van der Waals surface area contributed by atoms with Crippen LogP contribution in [0.1, 0.15) is 44.3 Å². The molecule has 1 saturated carbocycles. The van der Waals surface area contributed by atoms with E-state index in [-0.39, 0.29) is 5.56 Å². The van der Waals surface area contributed by atoms with Crippen LogP contribution in [0.2, 0.25) is 0 Å². The molecule has 0 aromatic carbocycles. The van der Waals surface area contributed by atoms with E-state index in [9.17, 15) is 4.79 Å². The van der Waals surface area contributed by atoms with E-state index in [2.05, 4.69) is 27.5 Å². The Kier molecular flexibility index (Phi) is 3.07. The first kappa shape index (κ1) is 11.7. The first-order valence-corrected chi connectivity index (χ1v) is 6.82. The minimum Gasteiger partial charge on any atom is -0.367 e. The van der Waals surface area contributed by atoms with Crippen LogP contribution in [0.25, 0.3) is 0 Å². The van der Waals surface area contributed by atoms with Crippen LogP contribution >= 0.6 is 0 Å². The fourth-order valence-corrected chi connectivity index (χ4v) is 2.57. The average Bonchev–Trinajstić information content (AvgIpc) is 3.11. The van der Waals surface area contributed by atoms with Crippen molar-refractivity contribution in [2.24, 2.45) is 0 Å². The molecule has 1 saturated heterocycles. The van der Waals surface area contributed by atoms with Crippen molar-refractivity contribution in [3.05, 3.63) is 22.2 Å². The number of rotatable bonds is 3. The largest absolute Gasteiger partial charge is 0.367 e. The molecular formula is C13H20N4O. The van der Waals surface area contributed by atoms with Gasteiger partial charge in [0.25, 0.3) is 5.56 Å². The van der Waals surface area contributed by atoms with Gasteiger partial charge < -0.3 is 15.6 Å². The predicted molar refractivity (Wildman–Crippen MR) is 70.9 cm³/mol. The molecule has 98 valence electrons. The second kappa shape index (κ2) is 4.72. The summed E-state index contributed by atoms with van der Waals surface area (Å²) in [6.07, 6.45) is 4.46. The Bertz CT molecular complexity index is 480. The molecule has 0 spiro atoms. The molecule has 0 radical (unpaired) electrons. The highest BCUT2D eigenvalue weighted by atomic mass is 16.1. The maximum Gasteiger partial charge on any atom is 0.252 e. The van der Waals surface area contributed by atoms with E-state index < -0.39 is 0 Å². The molecule has 1 aromatic heterocycles. The summed E-state index contributed by atoms with van der Waals surface area (Å²) < 4.78 is 0. The number of aromatic amines is 1. The van der Waals surface area contributed by atoms with Crippen molar-refractivity contribution in [3.8, 4) is 0 Å². The molecule has 1 aliphatic heterocycles. The van der Waals surface area contributed by atoms with Crippen LogP contribution in [-0.2, 0) is 0 Å². The van der Waals surface area contributed by atoms with Gasteiger partial charge >= 0.3 is 0 Å². The Balaban J connectivity index is 1.73. The normalized spacial score (nSPS) is 28.1. The predicted octanol–water partition coefficient (Wildman–Crippen LogP) is 1.20. The monoisotopic (exact) mass is 248 g/mol. The third-order valence-electron chi connectivity index (χ3n) is 3.70. The van der Waals surface area contributed by atoms with Crippen molar-refractivity contribution in [1.29, 1.82) is 0 Å². The lowest BCUT2D eigenvalue weighted by atomic mass is 10.0. The molecule has 3 rings (SSSR count). The molecule has 2 aliphatic rings. The smallest absolute Gasteiger partial charge is 0.252 e. The minimum atomic E-state index is -0.0450. The van der Waals surface area contributed by atoms with Gasteiger partial charge in [-0.15, -0.1) is 0 Å². The van der Waals surface area contributed by atoms with Crippen LogP contribution in [0.4, 0.5) is 5.82 Å². The highest BCUT2D eigenvalue weighted by Crippen LogP contribution is 2.37. The fourth-order valence-electron chi connectivity index (χ4n) is 2.57. The van der Waals surface area contributed by atoms with E-state index in [1.54, 1.807) is 6.07 Å². The second-order valence-corrected chi connectivity index (χ2v) is 5.51. The van der Waals surface area contributed by atoms with Crippen molar-refractivity contribution < 1.29 is 0 Å². The third-order valence-corrected chi connectivity index (χ3v) is 3.70. The lowest BCUT2D eigenvalue weighted by Crippen LogP contribution is -2.41. The third kappa shape index (κ3) is 2.72. The van der Waals surface area contributed by atoms with E-state index >= 15 is 0 Å². The number of piperidine rings is 1. The van der Waals surface area contributed by atoms with E-state index in [1.807, 2.05) is 0 Å². The highest BCUT2D eigenvalue weighted by molar-refractivity contribution is 5.35. The molecule has 0 bridgehead atoms. The highest BCUT2D eigenvalue weighted by Gasteiger charge is 2.27. The van der Waals surface area contributed by atoms with Gasteiger partial charge in [-0.05, 0) is 39.2 Å². The number of nitrogens with zero attached hydrogens (tertiary/aromatic N) is 1. The van der Waals surface area contributed by atoms with E-state index in [0.29, 0.717) is 18.0 Å². The van der Waals surface area contributed by atoms with Crippen LogP contribution in [-0.4, -0.2) is 28.6 Å². The van der Waals surface area contributed by atoms with Gasteiger partial charge in [-0.25, -0.2) is 4.98 Å². The van der Waals surface area contributed by atoms with Crippen molar-refractivity contribution in [2.45, 2.75) is 50.6 Å². The standard InChI is InChI=1S/C13H20N4O/c1-8-6-10(4-5-14-8)15-11-7-12(18)17-13(16-11)9-2-3-9/h7-10,14H,2-6H2,1H3,(H2,15,16,17,18). The Hall–Kier alpha value is -1.36. The van der Waals surface area contributed by atoms with E-state index in [4.69, 9.17) is 0 Å². The van der Waals surface area contributed by atoms with E-state index in [0.717, 1.165) is 43.9 Å². The van der Waals surface area contributed by atoms with Crippen LogP contribution in [0.15, 0.2) is 10.9 Å². The maximum absolute atomic E-state index is 11.6. The molecule has 2 fully saturated rings. The SMILES string of the molecule is CC1CC(Nc2cc(=O)[nH]c(C3CC3)n2)CCN1. The minimum absolute atomic E-state index is 0.0450. The first-order chi connectivity index (χ1) is 8.70. The molecule has 18 heavy (non-hydrogen) atoms. The van der Waals surface area contributed by atoms with Crippen molar-refractivity contribution in [1.82, 2.24) is 15.3 Å². The summed E-state index contributed by atoms with van der Waals surface area (Å²) in [6, 6.07) is 2.52. The zero-order valence-corrected chi connectivity index (χ0v) is 10.7. The number of anilines is 1. The zero-order valence-electron chi connectivity index (χ0n) is 10.7.